The smallest absolute Gasteiger partial charge is 0.241 e. The van der Waals surface area contributed by atoms with Gasteiger partial charge in [-0.2, -0.15) is 0 Å². The predicted molar refractivity (Wildman–Crippen MR) is 99.4 cm³/mol. The molecule has 1 saturated heterocycles. The Kier molecular flexibility index (Phi) is 5.74. The number of nitrogens with one attached hydrogen (secondary N) is 1. The Labute approximate surface area is 150 Å². The van der Waals surface area contributed by atoms with Gasteiger partial charge in [-0.05, 0) is 50.8 Å². The fourth-order valence-corrected chi connectivity index (χ4v) is 3.59. The fourth-order valence-electron chi connectivity index (χ4n) is 3.59. The van der Waals surface area contributed by atoms with Crippen molar-refractivity contribution in [3.63, 3.8) is 0 Å². The van der Waals surface area contributed by atoms with Crippen LogP contribution in [0, 0.1) is 12.8 Å². The van der Waals surface area contributed by atoms with Gasteiger partial charge < -0.3 is 10.2 Å². The molecule has 5 heteroatoms. The third kappa shape index (κ3) is 4.40. The van der Waals surface area contributed by atoms with E-state index in [2.05, 4.69) is 10.2 Å². The SMILES string of the molecule is Cc1cccc(NC(=O)[C@@H](C)N2CCCN(C(=O)C3CCC3)CC2)c1. The van der Waals surface area contributed by atoms with Crippen LogP contribution in [0.3, 0.4) is 0 Å². The van der Waals surface area contributed by atoms with E-state index >= 15 is 0 Å². The summed E-state index contributed by atoms with van der Waals surface area (Å²) in [5, 5.41) is 3.01. The standard InChI is InChI=1S/C20H29N3O2/c1-15-6-3-9-18(14-15)21-19(24)16(2)22-10-5-11-23(13-12-22)20(25)17-7-4-8-17/h3,6,9,14,16-17H,4-5,7-8,10-13H2,1-2H3,(H,21,24)/t16-/m1/s1. The van der Waals surface area contributed by atoms with Gasteiger partial charge >= 0.3 is 0 Å². The lowest BCUT2D eigenvalue weighted by Crippen LogP contribution is -2.45. The molecule has 1 aliphatic heterocycles. The summed E-state index contributed by atoms with van der Waals surface area (Å²) in [7, 11) is 0. The fraction of sp³-hybridized carbons (Fsp3) is 0.600. The lowest BCUT2D eigenvalue weighted by molar-refractivity contribution is -0.138. The molecule has 1 atom stereocenters. The molecule has 136 valence electrons. The third-order valence-electron chi connectivity index (χ3n) is 5.51. The van der Waals surface area contributed by atoms with Gasteiger partial charge in [0, 0.05) is 37.8 Å². The zero-order valence-corrected chi connectivity index (χ0v) is 15.3. The van der Waals surface area contributed by atoms with E-state index in [1.54, 1.807) is 0 Å². The van der Waals surface area contributed by atoms with Gasteiger partial charge in [-0.3, -0.25) is 14.5 Å². The molecule has 1 heterocycles. The molecule has 1 N–H and O–H groups in total. The normalized spacial score (nSPS) is 20.5. The Morgan fingerprint density at radius 1 is 1.12 bits per heavy atom. The van der Waals surface area contributed by atoms with Gasteiger partial charge in [0.2, 0.25) is 11.8 Å². The number of rotatable bonds is 4. The number of benzene rings is 1. The van der Waals surface area contributed by atoms with Crippen LogP contribution in [0.2, 0.25) is 0 Å². The zero-order chi connectivity index (χ0) is 17.8. The number of carbonyl (C=O) groups is 2. The van der Waals surface area contributed by atoms with Crippen molar-refractivity contribution < 1.29 is 9.59 Å². The molecule has 0 bridgehead atoms. The molecule has 2 amide bonds. The average Bonchev–Trinajstić information content (AvgIpc) is 2.78. The van der Waals surface area contributed by atoms with Gasteiger partial charge in [0.15, 0.2) is 0 Å². The molecule has 2 fully saturated rings. The summed E-state index contributed by atoms with van der Waals surface area (Å²) in [6, 6.07) is 7.66. The number of nitrogens with zero attached hydrogens (tertiary/aromatic N) is 2. The van der Waals surface area contributed by atoms with E-state index in [1.807, 2.05) is 43.0 Å². The van der Waals surface area contributed by atoms with Crippen molar-refractivity contribution >= 4 is 17.5 Å². The van der Waals surface area contributed by atoms with Crippen molar-refractivity contribution in [1.82, 2.24) is 9.80 Å². The number of aryl methyl sites for hydroxylation is 1. The first-order chi connectivity index (χ1) is 12.0. The Bertz CT molecular complexity index is 627. The quantitative estimate of drug-likeness (QED) is 0.914. The molecular weight excluding hydrogens is 314 g/mol. The van der Waals surface area contributed by atoms with Gasteiger partial charge in [-0.1, -0.05) is 18.6 Å². The number of hydrogen-bond acceptors (Lipinski definition) is 3. The summed E-state index contributed by atoms with van der Waals surface area (Å²) in [6.07, 6.45) is 4.22. The van der Waals surface area contributed by atoms with E-state index in [4.69, 9.17) is 0 Å². The zero-order valence-electron chi connectivity index (χ0n) is 15.3. The first kappa shape index (κ1) is 17.9. The Hall–Kier alpha value is -1.88. The first-order valence-corrected chi connectivity index (χ1v) is 9.45. The van der Waals surface area contributed by atoms with Gasteiger partial charge in [0.05, 0.1) is 6.04 Å². The van der Waals surface area contributed by atoms with Crippen LogP contribution in [0.15, 0.2) is 24.3 Å². The predicted octanol–water partition coefficient (Wildman–Crippen LogP) is 2.66. The van der Waals surface area contributed by atoms with Crippen LogP contribution in [-0.4, -0.2) is 53.8 Å². The van der Waals surface area contributed by atoms with E-state index in [1.165, 1.54) is 6.42 Å². The number of anilines is 1. The van der Waals surface area contributed by atoms with Crippen molar-refractivity contribution in [3.05, 3.63) is 29.8 Å². The van der Waals surface area contributed by atoms with Crippen LogP contribution in [0.1, 0.15) is 38.2 Å². The molecule has 0 aromatic heterocycles. The third-order valence-corrected chi connectivity index (χ3v) is 5.51. The lowest BCUT2D eigenvalue weighted by atomic mass is 9.84. The Balaban J connectivity index is 1.54. The highest BCUT2D eigenvalue weighted by Gasteiger charge is 2.31. The van der Waals surface area contributed by atoms with Crippen LogP contribution in [-0.2, 0) is 9.59 Å². The molecule has 25 heavy (non-hydrogen) atoms. The van der Waals surface area contributed by atoms with Crippen LogP contribution < -0.4 is 5.32 Å². The molecule has 1 aromatic rings. The van der Waals surface area contributed by atoms with E-state index in [9.17, 15) is 9.59 Å². The molecule has 3 rings (SSSR count). The average molecular weight is 343 g/mol. The van der Waals surface area contributed by atoms with E-state index in [-0.39, 0.29) is 17.9 Å². The molecule has 1 aliphatic carbocycles. The maximum atomic E-state index is 12.6. The largest absolute Gasteiger partial charge is 0.341 e. The summed E-state index contributed by atoms with van der Waals surface area (Å²) in [5.74, 6) is 0.600. The molecule has 0 radical (unpaired) electrons. The molecule has 0 unspecified atom stereocenters. The van der Waals surface area contributed by atoms with Crippen LogP contribution in [0.4, 0.5) is 5.69 Å². The van der Waals surface area contributed by atoms with Crippen LogP contribution in [0.5, 0.6) is 0 Å². The highest BCUT2D eigenvalue weighted by Crippen LogP contribution is 2.28. The summed E-state index contributed by atoms with van der Waals surface area (Å²) in [5.41, 5.74) is 1.97. The van der Waals surface area contributed by atoms with Crippen molar-refractivity contribution in [1.29, 1.82) is 0 Å². The van der Waals surface area contributed by atoms with E-state index in [0.717, 1.165) is 56.7 Å². The van der Waals surface area contributed by atoms with Gasteiger partial charge in [0.1, 0.15) is 0 Å². The highest BCUT2D eigenvalue weighted by atomic mass is 16.2. The molecule has 5 nitrogen and oxygen atoms in total. The Morgan fingerprint density at radius 3 is 2.60 bits per heavy atom. The lowest BCUT2D eigenvalue weighted by Gasteiger charge is -2.31. The number of amides is 2. The molecule has 1 saturated carbocycles. The summed E-state index contributed by atoms with van der Waals surface area (Å²) in [6.45, 7) is 7.14. The monoisotopic (exact) mass is 343 g/mol. The second-order valence-electron chi connectivity index (χ2n) is 7.38. The topological polar surface area (TPSA) is 52.7 Å². The minimum Gasteiger partial charge on any atom is -0.341 e. The van der Waals surface area contributed by atoms with Crippen molar-refractivity contribution in [3.8, 4) is 0 Å². The first-order valence-electron chi connectivity index (χ1n) is 9.45. The molecule has 2 aliphatic rings. The number of carbonyl (C=O) groups excluding carboxylic acids is 2. The Morgan fingerprint density at radius 2 is 1.92 bits per heavy atom. The van der Waals surface area contributed by atoms with E-state index in [0.29, 0.717) is 5.91 Å². The van der Waals surface area contributed by atoms with Gasteiger partial charge in [-0.25, -0.2) is 0 Å². The van der Waals surface area contributed by atoms with Crippen molar-refractivity contribution in [2.75, 3.05) is 31.5 Å². The minimum atomic E-state index is -0.195. The summed E-state index contributed by atoms with van der Waals surface area (Å²) >= 11 is 0. The number of hydrogen-bond donors (Lipinski definition) is 1. The molecule has 0 spiro atoms. The maximum Gasteiger partial charge on any atom is 0.241 e. The second kappa shape index (κ2) is 8.00. The second-order valence-corrected chi connectivity index (χ2v) is 7.38. The van der Waals surface area contributed by atoms with E-state index < -0.39 is 0 Å². The highest BCUT2D eigenvalue weighted by molar-refractivity contribution is 5.94. The van der Waals surface area contributed by atoms with Gasteiger partial charge in [0.25, 0.3) is 0 Å². The molecule has 1 aromatic carbocycles. The van der Waals surface area contributed by atoms with Gasteiger partial charge in [-0.15, -0.1) is 0 Å². The summed E-state index contributed by atoms with van der Waals surface area (Å²) in [4.78, 5) is 29.2. The summed E-state index contributed by atoms with van der Waals surface area (Å²) < 4.78 is 0. The molecular formula is C20H29N3O2. The maximum absolute atomic E-state index is 12.6. The van der Waals surface area contributed by atoms with Crippen molar-refractivity contribution in [2.45, 2.75) is 45.6 Å². The minimum absolute atomic E-state index is 0.0179. The van der Waals surface area contributed by atoms with Crippen molar-refractivity contribution in [2.24, 2.45) is 5.92 Å². The van der Waals surface area contributed by atoms with Crippen LogP contribution in [0.25, 0.3) is 0 Å². The van der Waals surface area contributed by atoms with Crippen LogP contribution >= 0.6 is 0 Å².